The summed E-state index contributed by atoms with van der Waals surface area (Å²) in [6.45, 7) is 7.70. The van der Waals surface area contributed by atoms with Crippen LogP contribution in [0.2, 0.25) is 0 Å². The first-order valence-corrected chi connectivity index (χ1v) is 8.60. The Labute approximate surface area is 122 Å². The summed E-state index contributed by atoms with van der Waals surface area (Å²) in [5.74, 6) is 0.365. The highest BCUT2D eigenvalue weighted by atomic mass is 32.2. The maximum atomic E-state index is 12.1. The average molecular weight is 296 g/mol. The first-order valence-electron chi connectivity index (χ1n) is 6.95. The third-order valence-corrected chi connectivity index (χ3v) is 5.35. The molecule has 0 unspecified atom stereocenters. The molecule has 0 aromatic heterocycles. The third kappa shape index (κ3) is 5.10. The number of aliphatic hydroxyl groups excluding tert-OH is 1. The molecule has 0 saturated carbocycles. The van der Waals surface area contributed by atoms with Gasteiger partial charge in [0.05, 0.1) is 16.8 Å². The van der Waals surface area contributed by atoms with E-state index in [1.165, 1.54) is 0 Å². The van der Waals surface area contributed by atoms with E-state index in [1.807, 2.05) is 19.9 Å². The largest absolute Gasteiger partial charge is 0.393 e. The van der Waals surface area contributed by atoms with Gasteiger partial charge in [0.1, 0.15) is 0 Å². The molecule has 0 aliphatic heterocycles. The van der Waals surface area contributed by atoms with Gasteiger partial charge in [-0.15, -0.1) is 6.58 Å². The minimum Gasteiger partial charge on any atom is -0.393 e. The van der Waals surface area contributed by atoms with Crippen molar-refractivity contribution in [3.8, 4) is 0 Å². The van der Waals surface area contributed by atoms with Crippen LogP contribution in [-0.2, 0) is 9.84 Å². The summed E-state index contributed by atoms with van der Waals surface area (Å²) in [6.07, 6.45) is 2.33. The quantitative estimate of drug-likeness (QED) is 0.750. The van der Waals surface area contributed by atoms with Crippen LogP contribution in [0.15, 0.2) is 47.9 Å². The Bertz CT molecular complexity index is 508. The van der Waals surface area contributed by atoms with Gasteiger partial charge in [-0.3, -0.25) is 0 Å². The van der Waals surface area contributed by atoms with Gasteiger partial charge in [-0.1, -0.05) is 38.1 Å². The van der Waals surface area contributed by atoms with Crippen LogP contribution in [0.5, 0.6) is 0 Å². The Balaban J connectivity index is 2.56. The molecule has 0 bridgehead atoms. The van der Waals surface area contributed by atoms with Gasteiger partial charge >= 0.3 is 0 Å². The summed E-state index contributed by atoms with van der Waals surface area (Å²) >= 11 is 0. The molecule has 0 heterocycles. The van der Waals surface area contributed by atoms with Crippen LogP contribution >= 0.6 is 0 Å². The van der Waals surface area contributed by atoms with Crippen molar-refractivity contribution >= 4 is 9.84 Å². The molecule has 0 aliphatic rings. The van der Waals surface area contributed by atoms with Crippen molar-refractivity contribution in [1.29, 1.82) is 0 Å². The van der Waals surface area contributed by atoms with Crippen molar-refractivity contribution in [3.05, 3.63) is 43.0 Å². The number of sulfone groups is 1. The predicted octanol–water partition coefficient (Wildman–Crippen LogP) is 3.06. The standard InChI is InChI=1S/C16H24O3S/c1-4-13(2)12-14(3)16(17)10-11-20(18,19)15-8-6-5-7-9-15/h4-9,13-14,16-17H,1,10-12H2,2-3H3/t13-,14-,16-/m0/s1. The number of aliphatic hydroxyl groups is 1. The Hall–Kier alpha value is -1.13. The van der Waals surface area contributed by atoms with E-state index >= 15 is 0 Å². The monoisotopic (exact) mass is 296 g/mol. The molecule has 3 atom stereocenters. The van der Waals surface area contributed by atoms with Gasteiger partial charge in [-0.25, -0.2) is 8.42 Å². The van der Waals surface area contributed by atoms with E-state index in [0.717, 1.165) is 6.42 Å². The lowest BCUT2D eigenvalue weighted by atomic mass is 9.92. The SMILES string of the molecule is C=C[C@H](C)C[C@H](C)[C@@H](O)CCS(=O)(=O)c1ccccc1. The molecule has 0 amide bonds. The topological polar surface area (TPSA) is 54.4 Å². The Morgan fingerprint density at radius 3 is 2.40 bits per heavy atom. The molecule has 0 fully saturated rings. The van der Waals surface area contributed by atoms with Crippen LogP contribution in [0, 0.1) is 11.8 Å². The zero-order chi connectivity index (χ0) is 15.2. The highest BCUT2D eigenvalue weighted by Gasteiger charge is 2.20. The van der Waals surface area contributed by atoms with E-state index in [1.54, 1.807) is 30.3 Å². The van der Waals surface area contributed by atoms with E-state index in [2.05, 4.69) is 6.58 Å². The normalized spacial score (nSPS) is 16.4. The Morgan fingerprint density at radius 1 is 1.25 bits per heavy atom. The number of allylic oxidation sites excluding steroid dienone is 1. The fraction of sp³-hybridized carbons (Fsp3) is 0.500. The molecule has 4 heteroatoms. The minimum absolute atomic E-state index is 0.0228. The summed E-state index contributed by atoms with van der Waals surface area (Å²) in [5, 5.41) is 10.1. The first kappa shape index (κ1) is 16.9. The van der Waals surface area contributed by atoms with E-state index in [9.17, 15) is 13.5 Å². The highest BCUT2D eigenvalue weighted by molar-refractivity contribution is 7.91. The molecule has 0 saturated heterocycles. The molecule has 112 valence electrons. The number of benzene rings is 1. The third-order valence-electron chi connectivity index (χ3n) is 3.59. The summed E-state index contributed by atoms with van der Waals surface area (Å²) in [5.41, 5.74) is 0. The second-order valence-electron chi connectivity index (χ2n) is 5.41. The van der Waals surface area contributed by atoms with Crippen molar-refractivity contribution < 1.29 is 13.5 Å². The molecule has 1 aromatic rings. The Morgan fingerprint density at radius 2 is 1.85 bits per heavy atom. The molecule has 1 rings (SSSR count). The van der Waals surface area contributed by atoms with Gasteiger partial charge < -0.3 is 5.11 Å². The molecular formula is C16H24O3S. The van der Waals surface area contributed by atoms with Crippen LogP contribution in [0.1, 0.15) is 26.7 Å². The second kappa shape index (κ2) is 7.60. The molecule has 0 aliphatic carbocycles. The highest BCUT2D eigenvalue weighted by Crippen LogP contribution is 2.20. The molecule has 1 N–H and O–H groups in total. The maximum Gasteiger partial charge on any atom is 0.178 e. The predicted molar refractivity (Wildman–Crippen MR) is 82.3 cm³/mol. The van der Waals surface area contributed by atoms with Crippen molar-refractivity contribution in [2.24, 2.45) is 11.8 Å². The lowest BCUT2D eigenvalue weighted by Gasteiger charge is -2.20. The molecule has 20 heavy (non-hydrogen) atoms. The fourth-order valence-corrected chi connectivity index (χ4v) is 3.51. The number of hydrogen-bond donors (Lipinski definition) is 1. The van der Waals surface area contributed by atoms with Gasteiger partial charge in [0.25, 0.3) is 0 Å². The fourth-order valence-electron chi connectivity index (χ4n) is 2.15. The van der Waals surface area contributed by atoms with E-state index < -0.39 is 15.9 Å². The zero-order valence-electron chi connectivity index (χ0n) is 12.2. The summed E-state index contributed by atoms with van der Waals surface area (Å²) in [6, 6.07) is 8.37. The van der Waals surface area contributed by atoms with Gasteiger partial charge in [0.15, 0.2) is 9.84 Å². The molecule has 0 spiro atoms. The smallest absolute Gasteiger partial charge is 0.178 e. The average Bonchev–Trinajstić information content (AvgIpc) is 2.45. The van der Waals surface area contributed by atoms with Gasteiger partial charge in [0, 0.05) is 0 Å². The van der Waals surface area contributed by atoms with Gasteiger partial charge in [0.2, 0.25) is 0 Å². The van der Waals surface area contributed by atoms with Crippen LogP contribution in [0.25, 0.3) is 0 Å². The second-order valence-corrected chi connectivity index (χ2v) is 7.52. The van der Waals surface area contributed by atoms with E-state index in [4.69, 9.17) is 0 Å². The van der Waals surface area contributed by atoms with E-state index in [0.29, 0.717) is 10.8 Å². The molecule has 3 nitrogen and oxygen atoms in total. The van der Waals surface area contributed by atoms with Crippen LogP contribution in [0.3, 0.4) is 0 Å². The summed E-state index contributed by atoms with van der Waals surface area (Å²) in [7, 11) is -3.30. The number of hydrogen-bond acceptors (Lipinski definition) is 3. The first-order chi connectivity index (χ1) is 9.36. The molecule has 1 aromatic carbocycles. The van der Waals surface area contributed by atoms with Crippen LogP contribution in [-0.4, -0.2) is 25.4 Å². The zero-order valence-corrected chi connectivity index (χ0v) is 13.0. The van der Waals surface area contributed by atoms with Crippen LogP contribution < -0.4 is 0 Å². The maximum absolute atomic E-state index is 12.1. The minimum atomic E-state index is -3.30. The van der Waals surface area contributed by atoms with Crippen molar-refractivity contribution in [3.63, 3.8) is 0 Å². The van der Waals surface area contributed by atoms with E-state index in [-0.39, 0.29) is 18.1 Å². The van der Waals surface area contributed by atoms with Crippen molar-refractivity contribution in [1.82, 2.24) is 0 Å². The Kier molecular flexibility index (Phi) is 6.43. The summed E-state index contributed by atoms with van der Waals surface area (Å²) < 4.78 is 24.2. The van der Waals surface area contributed by atoms with Gasteiger partial charge in [-0.05, 0) is 36.8 Å². The number of rotatable bonds is 8. The van der Waals surface area contributed by atoms with Crippen LogP contribution in [0.4, 0.5) is 0 Å². The van der Waals surface area contributed by atoms with Crippen molar-refractivity contribution in [2.75, 3.05) is 5.75 Å². The lowest BCUT2D eigenvalue weighted by Crippen LogP contribution is -2.23. The molecule has 0 radical (unpaired) electrons. The van der Waals surface area contributed by atoms with Crippen molar-refractivity contribution in [2.45, 2.75) is 37.7 Å². The summed E-state index contributed by atoms with van der Waals surface area (Å²) in [4.78, 5) is 0.319. The van der Waals surface area contributed by atoms with Gasteiger partial charge in [-0.2, -0.15) is 0 Å². The molecular weight excluding hydrogens is 272 g/mol. The lowest BCUT2D eigenvalue weighted by molar-refractivity contribution is 0.104.